The molecule has 40 valence electrons. The molecule has 0 saturated carbocycles. The number of carboxylic acid groups (broad SMARTS) is 2. The quantitative estimate of drug-likeness (QED) is 0.422. The second-order valence-electron chi connectivity index (χ2n) is 0.250. The molecule has 0 saturated heterocycles. The molecule has 0 aliphatic carbocycles. The Bertz CT molecular complexity index is 35.4. The van der Waals surface area contributed by atoms with E-state index in [4.69, 9.17) is 15.0 Å². The molecule has 0 radical (unpaired) electrons. The van der Waals surface area contributed by atoms with Gasteiger partial charge in [-0.2, -0.15) is 0 Å². The summed E-state index contributed by atoms with van der Waals surface area (Å²) in [5, 5.41) is 16.7. The molecule has 0 aromatic carbocycles. The zero-order valence-corrected chi connectivity index (χ0v) is 7.56. The minimum absolute atomic E-state index is 0. The van der Waals surface area contributed by atoms with Crippen LogP contribution in [0.3, 0.4) is 0 Å². The molecule has 0 atom stereocenters. The van der Waals surface area contributed by atoms with Gasteiger partial charge < -0.3 is 26.0 Å². The van der Waals surface area contributed by atoms with Crippen LogP contribution in [0.25, 0.3) is 0 Å². The monoisotopic (exact) mass is 230 g/mol. The van der Waals surface area contributed by atoms with Gasteiger partial charge in [-0.25, -0.2) is 0 Å². The Morgan fingerprint density at radius 1 is 1.12 bits per heavy atom. The molecule has 8 heavy (non-hydrogen) atoms. The van der Waals surface area contributed by atoms with Gasteiger partial charge in [0.15, 0.2) is 0 Å². The standard InChI is InChI=1S/CH2O3.2O.Ti.Zr/c2-1(3)4;;;;/h(H2,2,3,4);;;;/q;2*-2;2*+4/p-2. The fourth-order valence-electron chi connectivity index (χ4n) is 0. The normalized spacial score (nSPS) is 3.00. The molecular formula is CO5TiZr+2. The van der Waals surface area contributed by atoms with Crippen molar-refractivity contribution in [1.82, 2.24) is 0 Å². The van der Waals surface area contributed by atoms with Gasteiger partial charge >= 0.3 is 47.9 Å². The van der Waals surface area contributed by atoms with E-state index in [0.29, 0.717) is 0 Å². The van der Waals surface area contributed by atoms with Crippen LogP contribution in [0.2, 0.25) is 0 Å². The number of hydrogen-bond acceptors (Lipinski definition) is 3. The van der Waals surface area contributed by atoms with Crippen molar-refractivity contribution in [2.24, 2.45) is 0 Å². The molecule has 0 fully saturated rings. The zero-order valence-electron chi connectivity index (χ0n) is 3.54. The van der Waals surface area contributed by atoms with Crippen molar-refractivity contribution in [3.8, 4) is 0 Å². The smallest absolute Gasteiger partial charge is 2.00 e. The molecule has 7 heteroatoms. The van der Waals surface area contributed by atoms with Gasteiger partial charge in [0.1, 0.15) is 0 Å². The summed E-state index contributed by atoms with van der Waals surface area (Å²) >= 11 is 0. The van der Waals surface area contributed by atoms with Crippen molar-refractivity contribution in [1.29, 1.82) is 0 Å². The molecule has 0 spiro atoms. The van der Waals surface area contributed by atoms with E-state index >= 15 is 0 Å². The third kappa shape index (κ3) is 367. The van der Waals surface area contributed by atoms with E-state index in [1.807, 2.05) is 0 Å². The second-order valence-corrected chi connectivity index (χ2v) is 0.250. The predicted molar refractivity (Wildman–Crippen MR) is 6.77 cm³/mol. The number of carbonyl (C=O) groups is 1. The summed E-state index contributed by atoms with van der Waals surface area (Å²) < 4.78 is 0. The first kappa shape index (κ1) is 37.2. The van der Waals surface area contributed by atoms with E-state index < -0.39 is 6.16 Å². The molecule has 0 heterocycles. The van der Waals surface area contributed by atoms with Crippen LogP contribution in [-0.2, 0) is 58.9 Å². The maximum absolute atomic E-state index is 8.33. The Labute approximate surface area is 79.7 Å². The van der Waals surface area contributed by atoms with Crippen LogP contribution in [0.15, 0.2) is 0 Å². The number of carbonyl (C=O) groups excluding carboxylic acids is 1. The molecule has 0 aliphatic rings. The number of hydrogen-bond donors (Lipinski definition) is 0. The van der Waals surface area contributed by atoms with E-state index in [9.17, 15) is 0 Å². The fourth-order valence-corrected chi connectivity index (χ4v) is 0. The summed E-state index contributed by atoms with van der Waals surface area (Å²) in [5.41, 5.74) is 0. The summed E-state index contributed by atoms with van der Waals surface area (Å²) in [6, 6.07) is 0. The van der Waals surface area contributed by atoms with Gasteiger partial charge in [0.25, 0.3) is 0 Å². The average molecular weight is 231 g/mol. The summed E-state index contributed by atoms with van der Waals surface area (Å²) in [7, 11) is 0. The summed E-state index contributed by atoms with van der Waals surface area (Å²) in [4.78, 5) is 8.33. The van der Waals surface area contributed by atoms with Gasteiger partial charge in [-0.1, -0.05) is 0 Å². The first-order valence-corrected chi connectivity index (χ1v) is 0.612. The zero-order chi connectivity index (χ0) is 3.58. The molecule has 0 amide bonds. The van der Waals surface area contributed by atoms with E-state index in [-0.39, 0.29) is 58.9 Å². The maximum atomic E-state index is 8.33. The van der Waals surface area contributed by atoms with Crippen LogP contribution in [0, 0.1) is 0 Å². The maximum Gasteiger partial charge on any atom is 4.00 e. The molecule has 0 bridgehead atoms. The van der Waals surface area contributed by atoms with Crippen molar-refractivity contribution in [2.75, 3.05) is 0 Å². The second kappa shape index (κ2) is 25.0. The Morgan fingerprint density at radius 3 is 1.12 bits per heavy atom. The molecule has 5 nitrogen and oxygen atoms in total. The minimum atomic E-state index is -2.33. The van der Waals surface area contributed by atoms with E-state index in [0.717, 1.165) is 0 Å². The van der Waals surface area contributed by atoms with Crippen molar-refractivity contribution in [3.05, 3.63) is 0 Å². The van der Waals surface area contributed by atoms with Crippen LogP contribution in [0.5, 0.6) is 0 Å². The average Bonchev–Trinajstić information content (AvgIpc) is 0.811. The van der Waals surface area contributed by atoms with Crippen LogP contribution < -0.4 is 10.2 Å². The topological polar surface area (TPSA) is 120 Å². The molecule has 0 N–H and O–H groups in total. The van der Waals surface area contributed by atoms with Crippen LogP contribution in [-0.4, -0.2) is 6.16 Å². The van der Waals surface area contributed by atoms with E-state index in [1.54, 1.807) is 0 Å². The Kier molecular flexibility index (Phi) is 116. The fraction of sp³-hybridized carbons (Fsp3) is 0. The van der Waals surface area contributed by atoms with Gasteiger partial charge in [-0.15, -0.1) is 0 Å². The Hall–Kier alpha value is 0.787. The van der Waals surface area contributed by atoms with Gasteiger partial charge in [-0.3, -0.25) is 0 Å². The summed E-state index contributed by atoms with van der Waals surface area (Å²) in [6.07, 6.45) is -2.33. The first-order chi connectivity index (χ1) is 1.73. The van der Waals surface area contributed by atoms with Crippen LogP contribution >= 0.6 is 0 Å². The van der Waals surface area contributed by atoms with Crippen molar-refractivity contribution in [2.45, 2.75) is 0 Å². The van der Waals surface area contributed by atoms with Crippen molar-refractivity contribution in [3.63, 3.8) is 0 Å². The van der Waals surface area contributed by atoms with Crippen molar-refractivity contribution < 1.29 is 73.9 Å². The third-order valence-electron chi connectivity index (χ3n) is 0. The Morgan fingerprint density at radius 2 is 1.12 bits per heavy atom. The molecule has 0 aliphatic heterocycles. The molecule has 0 aromatic heterocycles. The molecule has 0 aromatic rings. The van der Waals surface area contributed by atoms with Crippen molar-refractivity contribution >= 4 is 6.16 Å². The molecule has 0 unspecified atom stereocenters. The Balaban J connectivity index is -0.00000000750. The summed E-state index contributed by atoms with van der Waals surface area (Å²) in [6.45, 7) is 0. The molecular weight excluding hydrogens is 231 g/mol. The third-order valence-corrected chi connectivity index (χ3v) is 0. The summed E-state index contributed by atoms with van der Waals surface area (Å²) in [5.74, 6) is 0. The van der Waals surface area contributed by atoms with Gasteiger partial charge in [0.05, 0.1) is 0 Å². The first-order valence-electron chi connectivity index (χ1n) is 0.612. The van der Waals surface area contributed by atoms with E-state index in [2.05, 4.69) is 0 Å². The van der Waals surface area contributed by atoms with Crippen LogP contribution in [0.4, 0.5) is 4.79 Å². The van der Waals surface area contributed by atoms with Gasteiger partial charge in [0.2, 0.25) is 0 Å². The predicted octanol–water partition coefficient (Wildman–Crippen LogP) is -2.69. The van der Waals surface area contributed by atoms with Gasteiger partial charge in [0, 0.05) is 0 Å². The minimum Gasteiger partial charge on any atom is -2.00 e. The number of rotatable bonds is 0. The SMILES string of the molecule is O=C([O-])[O-].[O-2].[O-2].[Ti+4].[Zr+4]. The molecule has 0 rings (SSSR count). The van der Waals surface area contributed by atoms with Gasteiger partial charge in [-0.05, 0) is 6.16 Å². The van der Waals surface area contributed by atoms with Crippen LogP contribution in [0.1, 0.15) is 0 Å². The largest absolute Gasteiger partial charge is 4.00 e. The van der Waals surface area contributed by atoms with E-state index in [1.165, 1.54) is 0 Å².